The molecule has 3 rings (SSSR count). The molecular weight excluding hydrogens is 324 g/mol. The Labute approximate surface area is 153 Å². The molecule has 130 valence electrons. The zero-order valence-corrected chi connectivity index (χ0v) is 14.6. The van der Waals surface area contributed by atoms with Crippen molar-refractivity contribution in [3.05, 3.63) is 91.0 Å². The van der Waals surface area contributed by atoms with Crippen molar-refractivity contribution >= 4 is 6.16 Å². The molecule has 0 atom stereocenters. The molecular formula is C23H20O3. The normalized spacial score (nSPS) is 10.2. The van der Waals surface area contributed by atoms with Crippen molar-refractivity contribution in [3.63, 3.8) is 0 Å². The Morgan fingerprint density at radius 1 is 0.808 bits per heavy atom. The van der Waals surface area contributed by atoms with Crippen molar-refractivity contribution in [2.75, 3.05) is 6.61 Å². The summed E-state index contributed by atoms with van der Waals surface area (Å²) in [4.78, 5) is 12.2. The number of carbonyl (C=O) groups is 1. The summed E-state index contributed by atoms with van der Waals surface area (Å²) in [5.41, 5.74) is 4.35. The van der Waals surface area contributed by atoms with Crippen LogP contribution in [0.1, 0.15) is 6.92 Å². The van der Waals surface area contributed by atoms with Crippen molar-refractivity contribution in [1.82, 2.24) is 0 Å². The minimum atomic E-state index is -0.742. The summed E-state index contributed by atoms with van der Waals surface area (Å²) >= 11 is 0. The number of para-hydroxylation sites is 1. The molecule has 0 unspecified atom stereocenters. The van der Waals surface area contributed by atoms with E-state index in [1.54, 1.807) is 6.92 Å². The van der Waals surface area contributed by atoms with Crippen molar-refractivity contribution in [3.8, 4) is 28.0 Å². The molecule has 0 aromatic heterocycles. The van der Waals surface area contributed by atoms with E-state index in [0.29, 0.717) is 5.75 Å². The van der Waals surface area contributed by atoms with Crippen molar-refractivity contribution in [2.45, 2.75) is 6.92 Å². The van der Waals surface area contributed by atoms with Gasteiger partial charge in [0.05, 0.1) is 0 Å². The predicted octanol–water partition coefficient (Wildman–Crippen LogP) is 6.11. The Balaban J connectivity index is 2.05. The van der Waals surface area contributed by atoms with Crippen LogP contribution in [0, 0.1) is 0 Å². The van der Waals surface area contributed by atoms with Gasteiger partial charge in [0.2, 0.25) is 0 Å². The minimum Gasteiger partial charge on any atom is -0.429 e. The van der Waals surface area contributed by atoms with E-state index in [0.717, 1.165) is 27.8 Å². The largest absolute Gasteiger partial charge is 0.514 e. The van der Waals surface area contributed by atoms with Gasteiger partial charge in [-0.05, 0) is 23.6 Å². The van der Waals surface area contributed by atoms with Crippen LogP contribution in [0.25, 0.3) is 22.3 Å². The van der Waals surface area contributed by atoms with Gasteiger partial charge in [0, 0.05) is 11.1 Å². The average Bonchev–Trinajstić information content (AvgIpc) is 2.68. The van der Waals surface area contributed by atoms with E-state index in [4.69, 9.17) is 9.47 Å². The van der Waals surface area contributed by atoms with Crippen LogP contribution in [-0.4, -0.2) is 12.8 Å². The Morgan fingerprint density at radius 3 is 1.77 bits per heavy atom. The summed E-state index contributed by atoms with van der Waals surface area (Å²) in [5, 5.41) is 0. The fourth-order valence-corrected chi connectivity index (χ4v) is 2.63. The van der Waals surface area contributed by atoms with Crippen molar-refractivity contribution in [2.24, 2.45) is 0 Å². The molecule has 0 saturated carbocycles. The molecule has 0 N–H and O–H groups in total. The molecule has 0 fully saturated rings. The van der Waals surface area contributed by atoms with Gasteiger partial charge in [-0.1, -0.05) is 85.4 Å². The van der Waals surface area contributed by atoms with Gasteiger partial charge < -0.3 is 9.47 Å². The van der Waals surface area contributed by atoms with Gasteiger partial charge in [-0.25, -0.2) is 4.79 Å². The van der Waals surface area contributed by atoms with E-state index < -0.39 is 6.16 Å². The third-order valence-corrected chi connectivity index (χ3v) is 3.81. The molecule has 3 heteroatoms. The monoisotopic (exact) mass is 344 g/mol. The molecule has 0 amide bonds. The second-order valence-electron chi connectivity index (χ2n) is 6.01. The summed E-state index contributed by atoms with van der Waals surface area (Å²) < 4.78 is 10.8. The van der Waals surface area contributed by atoms with Crippen LogP contribution in [0.4, 0.5) is 4.79 Å². The van der Waals surface area contributed by atoms with Gasteiger partial charge in [-0.15, -0.1) is 0 Å². The SMILES string of the molecule is C=C(C)COC(=O)Oc1c(-c2ccccc2)cccc1-c1ccccc1. The minimum absolute atomic E-state index is 0.132. The van der Waals surface area contributed by atoms with Gasteiger partial charge in [0.15, 0.2) is 0 Å². The Hall–Kier alpha value is -3.33. The number of hydrogen-bond donors (Lipinski definition) is 0. The summed E-state index contributed by atoms with van der Waals surface area (Å²) in [6.45, 7) is 5.66. The maximum Gasteiger partial charge on any atom is 0.514 e. The molecule has 0 heterocycles. The topological polar surface area (TPSA) is 35.5 Å². The number of benzene rings is 3. The Morgan fingerprint density at radius 2 is 1.31 bits per heavy atom. The van der Waals surface area contributed by atoms with Gasteiger partial charge >= 0.3 is 6.16 Å². The lowest BCUT2D eigenvalue weighted by Crippen LogP contribution is -2.13. The lowest BCUT2D eigenvalue weighted by Gasteiger charge is -2.15. The molecule has 0 aliphatic heterocycles. The highest BCUT2D eigenvalue weighted by Gasteiger charge is 2.17. The molecule has 3 aromatic rings. The molecule has 0 bridgehead atoms. The van der Waals surface area contributed by atoms with E-state index >= 15 is 0 Å². The average molecular weight is 344 g/mol. The third kappa shape index (κ3) is 4.19. The van der Waals surface area contributed by atoms with E-state index in [9.17, 15) is 4.79 Å². The standard InChI is InChI=1S/C23H20O3/c1-17(2)16-25-23(24)26-22-20(18-10-5-3-6-11-18)14-9-15-21(22)19-12-7-4-8-13-19/h3-15H,1,16H2,2H3. The molecule has 3 nitrogen and oxygen atoms in total. The maximum absolute atomic E-state index is 12.2. The zero-order valence-electron chi connectivity index (χ0n) is 14.6. The van der Waals surface area contributed by atoms with Gasteiger partial charge in [0.1, 0.15) is 12.4 Å². The first-order valence-corrected chi connectivity index (χ1v) is 8.38. The first kappa shape index (κ1) is 17.5. The fraction of sp³-hybridized carbons (Fsp3) is 0.0870. The highest BCUT2D eigenvalue weighted by atomic mass is 16.7. The first-order chi connectivity index (χ1) is 12.6. The highest BCUT2D eigenvalue weighted by molar-refractivity contribution is 5.85. The van der Waals surface area contributed by atoms with Gasteiger partial charge in [-0.3, -0.25) is 0 Å². The smallest absolute Gasteiger partial charge is 0.429 e. The molecule has 0 radical (unpaired) electrons. The van der Waals surface area contributed by atoms with E-state index in [2.05, 4.69) is 6.58 Å². The first-order valence-electron chi connectivity index (χ1n) is 8.38. The molecule has 0 spiro atoms. The number of rotatable bonds is 5. The second-order valence-corrected chi connectivity index (χ2v) is 6.01. The van der Waals surface area contributed by atoms with E-state index in [-0.39, 0.29) is 6.61 Å². The highest BCUT2D eigenvalue weighted by Crippen LogP contribution is 2.39. The summed E-state index contributed by atoms with van der Waals surface area (Å²) in [6.07, 6.45) is -0.742. The second kappa shape index (κ2) is 8.17. The number of hydrogen-bond acceptors (Lipinski definition) is 3. The summed E-state index contributed by atoms with van der Waals surface area (Å²) in [7, 11) is 0. The molecule has 0 saturated heterocycles. The van der Waals surface area contributed by atoms with Crippen LogP contribution in [0.5, 0.6) is 5.75 Å². The van der Waals surface area contributed by atoms with E-state index in [1.165, 1.54) is 0 Å². The van der Waals surface area contributed by atoms with Crippen LogP contribution in [0.2, 0.25) is 0 Å². The summed E-state index contributed by atoms with van der Waals surface area (Å²) in [5.74, 6) is 0.483. The third-order valence-electron chi connectivity index (χ3n) is 3.81. The maximum atomic E-state index is 12.2. The zero-order chi connectivity index (χ0) is 18.4. The number of carbonyl (C=O) groups excluding carboxylic acids is 1. The molecule has 0 aliphatic rings. The van der Waals surface area contributed by atoms with E-state index in [1.807, 2.05) is 78.9 Å². The van der Waals surface area contributed by atoms with Crippen molar-refractivity contribution in [1.29, 1.82) is 0 Å². The van der Waals surface area contributed by atoms with Gasteiger partial charge in [-0.2, -0.15) is 0 Å². The van der Waals surface area contributed by atoms with Crippen LogP contribution >= 0.6 is 0 Å². The number of ether oxygens (including phenoxy) is 2. The van der Waals surface area contributed by atoms with Crippen LogP contribution in [0.3, 0.4) is 0 Å². The van der Waals surface area contributed by atoms with Crippen LogP contribution in [0.15, 0.2) is 91.0 Å². The van der Waals surface area contributed by atoms with Crippen molar-refractivity contribution < 1.29 is 14.3 Å². The summed E-state index contributed by atoms with van der Waals surface area (Å²) in [6, 6.07) is 25.5. The Kier molecular flexibility index (Phi) is 5.49. The van der Waals surface area contributed by atoms with Crippen LogP contribution < -0.4 is 4.74 Å². The lowest BCUT2D eigenvalue weighted by atomic mass is 9.97. The molecule has 0 aliphatic carbocycles. The predicted molar refractivity (Wildman–Crippen MR) is 104 cm³/mol. The Bertz CT molecular complexity index is 842. The van der Waals surface area contributed by atoms with Gasteiger partial charge in [0.25, 0.3) is 0 Å². The lowest BCUT2D eigenvalue weighted by molar-refractivity contribution is 0.108. The molecule has 26 heavy (non-hydrogen) atoms. The fourth-order valence-electron chi connectivity index (χ4n) is 2.63. The molecule has 3 aromatic carbocycles. The quantitative estimate of drug-likeness (QED) is 0.318. The van der Waals surface area contributed by atoms with Crippen LogP contribution in [-0.2, 0) is 4.74 Å².